The minimum atomic E-state index is -4.57. The van der Waals surface area contributed by atoms with E-state index in [4.69, 9.17) is 5.41 Å². The SMILES string of the molecule is CCS(=O)(=O)c1cc(C=N)cnc1-c1nc2cc(C(F)(F)F)cnc2n1C. The molecule has 3 aromatic heterocycles. The zero-order valence-electron chi connectivity index (χ0n) is 14.2. The molecule has 0 aliphatic carbocycles. The lowest BCUT2D eigenvalue weighted by molar-refractivity contribution is -0.137. The predicted molar refractivity (Wildman–Crippen MR) is 92.4 cm³/mol. The summed E-state index contributed by atoms with van der Waals surface area (Å²) in [6, 6.07) is 2.15. The van der Waals surface area contributed by atoms with E-state index in [9.17, 15) is 21.6 Å². The van der Waals surface area contributed by atoms with Gasteiger partial charge in [-0.1, -0.05) is 6.92 Å². The average Bonchev–Trinajstić information content (AvgIpc) is 2.96. The molecule has 7 nitrogen and oxygen atoms in total. The molecule has 1 N–H and O–H groups in total. The van der Waals surface area contributed by atoms with Gasteiger partial charge in [-0.3, -0.25) is 4.98 Å². The predicted octanol–water partition coefficient (Wildman–Crippen LogP) is 2.84. The van der Waals surface area contributed by atoms with E-state index in [0.717, 1.165) is 12.3 Å². The number of aryl methyl sites for hydroxylation is 1. The summed E-state index contributed by atoms with van der Waals surface area (Å²) in [5.74, 6) is -0.135. The lowest BCUT2D eigenvalue weighted by Crippen LogP contribution is -2.09. The molecule has 0 spiro atoms. The summed E-state index contributed by atoms with van der Waals surface area (Å²) in [6.07, 6.45) is -1.62. The quantitative estimate of drug-likeness (QED) is 0.682. The Bertz CT molecular complexity index is 1150. The van der Waals surface area contributed by atoms with Gasteiger partial charge in [-0.05, 0) is 12.1 Å². The van der Waals surface area contributed by atoms with Gasteiger partial charge in [-0.2, -0.15) is 13.2 Å². The van der Waals surface area contributed by atoms with Gasteiger partial charge >= 0.3 is 6.18 Å². The van der Waals surface area contributed by atoms with E-state index in [1.54, 1.807) is 0 Å². The van der Waals surface area contributed by atoms with Crippen molar-refractivity contribution in [2.75, 3.05) is 5.75 Å². The van der Waals surface area contributed by atoms with Crippen LogP contribution in [0.1, 0.15) is 18.1 Å². The summed E-state index contributed by atoms with van der Waals surface area (Å²) in [5, 5.41) is 7.29. The number of sulfone groups is 1. The number of hydrogen-bond acceptors (Lipinski definition) is 6. The van der Waals surface area contributed by atoms with Crippen molar-refractivity contribution in [1.82, 2.24) is 19.5 Å². The summed E-state index contributed by atoms with van der Waals surface area (Å²) >= 11 is 0. The fourth-order valence-corrected chi connectivity index (χ4v) is 3.61. The highest BCUT2D eigenvalue weighted by molar-refractivity contribution is 7.91. The summed E-state index contributed by atoms with van der Waals surface area (Å²) in [6.45, 7) is 1.46. The Balaban J connectivity index is 2.30. The standard InChI is InChI=1S/C16H14F3N5O2S/c1-3-27(25,26)12-4-9(6-20)7-21-13(12)15-23-11-5-10(16(17,18)19)8-22-14(11)24(15)2/h4-8,20H,3H2,1-2H3. The van der Waals surface area contributed by atoms with Crippen LogP contribution in [0.5, 0.6) is 0 Å². The normalized spacial score (nSPS) is 12.5. The second-order valence-electron chi connectivity index (χ2n) is 5.72. The van der Waals surface area contributed by atoms with Crippen LogP contribution in [0.2, 0.25) is 0 Å². The topological polar surface area (TPSA) is 102 Å². The number of rotatable bonds is 4. The number of nitrogens with one attached hydrogen (secondary N) is 1. The Morgan fingerprint density at radius 3 is 2.52 bits per heavy atom. The maximum atomic E-state index is 12.9. The second-order valence-corrected chi connectivity index (χ2v) is 7.97. The Labute approximate surface area is 152 Å². The Morgan fingerprint density at radius 1 is 1.22 bits per heavy atom. The highest BCUT2D eigenvalue weighted by Crippen LogP contribution is 2.32. The van der Waals surface area contributed by atoms with Crippen LogP contribution in [-0.4, -0.2) is 39.9 Å². The minimum absolute atomic E-state index is 0.00323. The Kier molecular flexibility index (Phi) is 4.50. The maximum Gasteiger partial charge on any atom is 0.417 e. The molecule has 0 aliphatic heterocycles. The third-order valence-electron chi connectivity index (χ3n) is 4.00. The van der Waals surface area contributed by atoms with Crippen molar-refractivity contribution in [3.8, 4) is 11.5 Å². The molecule has 3 heterocycles. The third kappa shape index (κ3) is 3.29. The van der Waals surface area contributed by atoms with Crippen molar-refractivity contribution in [1.29, 1.82) is 5.41 Å². The highest BCUT2D eigenvalue weighted by Gasteiger charge is 2.32. The van der Waals surface area contributed by atoms with E-state index in [1.807, 2.05) is 0 Å². The zero-order chi connectivity index (χ0) is 20.0. The van der Waals surface area contributed by atoms with Crippen LogP contribution in [0.15, 0.2) is 29.4 Å². The van der Waals surface area contributed by atoms with E-state index in [1.165, 1.54) is 30.8 Å². The molecule has 0 fully saturated rings. The average molecular weight is 397 g/mol. The van der Waals surface area contributed by atoms with Crippen molar-refractivity contribution in [3.63, 3.8) is 0 Å². The van der Waals surface area contributed by atoms with Crippen LogP contribution in [0.25, 0.3) is 22.7 Å². The zero-order valence-corrected chi connectivity index (χ0v) is 15.1. The molecule has 0 saturated heterocycles. The van der Waals surface area contributed by atoms with Gasteiger partial charge in [0, 0.05) is 31.2 Å². The molecule has 3 rings (SSSR count). The molecule has 0 atom stereocenters. The monoisotopic (exact) mass is 397 g/mol. The van der Waals surface area contributed by atoms with Crippen LogP contribution < -0.4 is 0 Å². The number of nitrogens with zero attached hydrogens (tertiary/aromatic N) is 4. The molecular formula is C16H14F3N5O2S. The second kappa shape index (κ2) is 6.41. The molecule has 0 saturated carbocycles. The van der Waals surface area contributed by atoms with Crippen molar-refractivity contribution in [2.45, 2.75) is 18.0 Å². The minimum Gasteiger partial charge on any atom is -0.310 e. The number of fused-ring (bicyclic) bond motifs is 1. The first-order chi connectivity index (χ1) is 12.6. The van der Waals surface area contributed by atoms with Gasteiger partial charge in [-0.25, -0.2) is 18.4 Å². The lowest BCUT2D eigenvalue weighted by Gasteiger charge is -2.09. The first-order valence-electron chi connectivity index (χ1n) is 7.71. The summed E-state index contributed by atoms with van der Waals surface area (Å²) < 4.78 is 65.0. The van der Waals surface area contributed by atoms with Crippen molar-refractivity contribution >= 4 is 27.2 Å². The van der Waals surface area contributed by atoms with E-state index in [0.29, 0.717) is 6.20 Å². The van der Waals surface area contributed by atoms with Crippen molar-refractivity contribution < 1.29 is 21.6 Å². The largest absolute Gasteiger partial charge is 0.417 e. The maximum absolute atomic E-state index is 12.9. The smallest absolute Gasteiger partial charge is 0.310 e. The molecule has 3 aromatic rings. The third-order valence-corrected chi connectivity index (χ3v) is 5.75. The first-order valence-corrected chi connectivity index (χ1v) is 9.37. The number of imidazole rings is 1. The molecule has 142 valence electrons. The fraction of sp³-hybridized carbons (Fsp3) is 0.250. The van der Waals surface area contributed by atoms with Gasteiger partial charge in [0.2, 0.25) is 0 Å². The summed E-state index contributed by atoms with van der Waals surface area (Å²) in [7, 11) is -2.20. The Hall–Kier alpha value is -2.82. The Morgan fingerprint density at radius 2 is 1.93 bits per heavy atom. The summed E-state index contributed by atoms with van der Waals surface area (Å²) in [5.41, 5.74) is -0.539. The van der Waals surface area contributed by atoms with Crippen LogP contribution in [0.3, 0.4) is 0 Å². The number of aromatic nitrogens is 4. The van der Waals surface area contributed by atoms with Gasteiger partial charge in [0.15, 0.2) is 21.3 Å². The van der Waals surface area contributed by atoms with E-state index in [-0.39, 0.29) is 38.9 Å². The van der Waals surface area contributed by atoms with Gasteiger partial charge in [-0.15, -0.1) is 0 Å². The van der Waals surface area contributed by atoms with E-state index >= 15 is 0 Å². The number of alkyl halides is 3. The van der Waals surface area contributed by atoms with Crippen molar-refractivity contribution in [3.05, 3.63) is 35.7 Å². The number of pyridine rings is 2. The molecule has 0 amide bonds. The fourth-order valence-electron chi connectivity index (χ4n) is 2.54. The molecule has 27 heavy (non-hydrogen) atoms. The van der Waals surface area contributed by atoms with Gasteiger partial charge < -0.3 is 9.98 Å². The van der Waals surface area contributed by atoms with Crippen LogP contribution in [0.4, 0.5) is 13.2 Å². The van der Waals surface area contributed by atoms with Gasteiger partial charge in [0.1, 0.15) is 11.2 Å². The van der Waals surface area contributed by atoms with Crippen LogP contribution in [-0.2, 0) is 23.1 Å². The molecule has 0 radical (unpaired) electrons. The van der Waals surface area contributed by atoms with Crippen molar-refractivity contribution in [2.24, 2.45) is 7.05 Å². The van der Waals surface area contributed by atoms with E-state index in [2.05, 4.69) is 15.0 Å². The van der Waals surface area contributed by atoms with Gasteiger partial charge in [0.05, 0.1) is 16.2 Å². The van der Waals surface area contributed by atoms with Crippen LogP contribution >= 0.6 is 0 Å². The van der Waals surface area contributed by atoms with Gasteiger partial charge in [0.25, 0.3) is 0 Å². The number of hydrogen-bond donors (Lipinski definition) is 1. The first kappa shape index (κ1) is 19.0. The number of halogens is 3. The lowest BCUT2D eigenvalue weighted by atomic mass is 10.2. The molecule has 0 aliphatic rings. The molecule has 0 unspecified atom stereocenters. The molecule has 0 bridgehead atoms. The molecule has 0 aromatic carbocycles. The van der Waals surface area contributed by atoms with E-state index < -0.39 is 21.6 Å². The highest BCUT2D eigenvalue weighted by atomic mass is 32.2. The van der Waals surface area contributed by atoms with Crippen LogP contribution in [0, 0.1) is 5.41 Å². The molecule has 11 heteroatoms. The molecular weight excluding hydrogens is 383 g/mol. The summed E-state index contributed by atoms with van der Waals surface area (Å²) in [4.78, 5) is 11.9.